The smallest absolute Gasteiger partial charge is 0.203 e. The van der Waals surface area contributed by atoms with E-state index in [1.54, 1.807) is 10.7 Å². The Morgan fingerprint density at radius 2 is 1.84 bits per heavy atom. The van der Waals surface area contributed by atoms with E-state index in [0.29, 0.717) is 35.7 Å². The molecule has 3 aromatic heterocycles. The molecule has 6 rings (SSSR count). The number of benzene rings is 2. The molecule has 37 heavy (non-hydrogen) atoms. The molecule has 4 heterocycles. The fourth-order valence-electron chi connectivity index (χ4n) is 4.74. The molecule has 0 amide bonds. The van der Waals surface area contributed by atoms with Crippen LogP contribution in [-0.4, -0.2) is 46.1 Å². The summed E-state index contributed by atoms with van der Waals surface area (Å²) in [5.74, 6) is -0.249. The van der Waals surface area contributed by atoms with E-state index in [1.165, 1.54) is 42.7 Å². The van der Waals surface area contributed by atoms with Crippen LogP contribution in [0.5, 0.6) is 0 Å². The number of fused-ring (bicyclic) bond motifs is 2. The van der Waals surface area contributed by atoms with Crippen molar-refractivity contribution in [1.29, 1.82) is 0 Å². The number of anilines is 1. The lowest BCUT2D eigenvalue weighted by atomic mass is 9.99. The molecule has 1 fully saturated rings. The zero-order chi connectivity index (χ0) is 25.7. The van der Waals surface area contributed by atoms with Crippen LogP contribution in [0.2, 0.25) is 0 Å². The molecule has 0 aliphatic carbocycles. The van der Waals surface area contributed by atoms with E-state index in [0.717, 1.165) is 11.2 Å². The summed E-state index contributed by atoms with van der Waals surface area (Å²) in [6, 6.07) is 9.19. The van der Waals surface area contributed by atoms with Crippen molar-refractivity contribution < 1.29 is 17.9 Å². The van der Waals surface area contributed by atoms with Gasteiger partial charge in [0.1, 0.15) is 50.3 Å². The van der Waals surface area contributed by atoms with Crippen molar-refractivity contribution in [2.24, 2.45) is 0 Å². The first-order valence-electron chi connectivity index (χ1n) is 11.7. The lowest BCUT2D eigenvalue weighted by molar-refractivity contribution is 0.122. The van der Waals surface area contributed by atoms with Crippen LogP contribution in [0.15, 0.2) is 58.0 Å². The molecule has 1 aliphatic rings. The van der Waals surface area contributed by atoms with Crippen LogP contribution in [0.3, 0.4) is 0 Å². The Balaban J connectivity index is 1.59. The first kappa shape index (κ1) is 23.9. The quantitative estimate of drug-likeness (QED) is 0.265. The van der Waals surface area contributed by atoms with Gasteiger partial charge in [0.15, 0.2) is 5.65 Å². The molecule has 1 aliphatic heterocycles. The average molecular weight is 615 g/mol. The average Bonchev–Trinajstić information content (AvgIpc) is 3.25. The SMILES string of the molecule is CC(c1oc2cccc(F)c2c(=O)c1-c1cccc(F)c1)n1nc(I)c2c(N3CCOCC3)ncnc21. The van der Waals surface area contributed by atoms with Gasteiger partial charge in [0.2, 0.25) is 5.43 Å². The molecule has 188 valence electrons. The monoisotopic (exact) mass is 615 g/mol. The lowest BCUT2D eigenvalue weighted by Gasteiger charge is -2.28. The molecule has 0 bridgehead atoms. The first-order chi connectivity index (χ1) is 17.9. The van der Waals surface area contributed by atoms with Gasteiger partial charge in [-0.3, -0.25) is 4.79 Å². The number of halogens is 3. The summed E-state index contributed by atoms with van der Waals surface area (Å²) < 4.78 is 42.9. The number of hydrogen-bond donors (Lipinski definition) is 0. The summed E-state index contributed by atoms with van der Waals surface area (Å²) >= 11 is 2.14. The molecule has 1 atom stereocenters. The number of rotatable bonds is 4. The number of aromatic nitrogens is 4. The molecule has 1 unspecified atom stereocenters. The van der Waals surface area contributed by atoms with Gasteiger partial charge in [-0.1, -0.05) is 18.2 Å². The van der Waals surface area contributed by atoms with E-state index >= 15 is 0 Å². The summed E-state index contributed by atoms with van der Waals surface area (Å²) in [4.78, 5) is 24.8. The molecule has 0 spiro atoms. The molecule has 1 saturated heterocycles. The number of nitrogens with zero attached hydrogens (tertiary/aromatic N) is 5. The molecule has 2 aromatic carbocycles. The Kier molecular flexibility index (Phi) is 6.11. The second-order valence-corrected chi connectivity index (χ2v) is 9.72. The normalized spacial score (nSPS) is 15.0. The van der Waals surface area contributed by atoms with Gasteiger partial charge in [-0.15, -0.1) is 0 Å². The van der Waals surface area contributed by atoms with Crippen molar-refractivity contribution in [3.05, 3.63) is 80.1 Å². The minimum atomic E-state index is -0.704. The summed E-state index contributed by atoms with van der Waals surface area (Å²) in [6.45, 7) is 4.39. The number of ether oxygens (including phenoxy) is 1. The largest absolute Gasteiger partial charge is 0.458 e. The maximum absolute atomic E-state index is 14.7. The minimum Gasteiger partial charge on any atom is -0.458 e. The maximum atomic E-state index is 14.7. The highest BCUT2D eigenvalue weighted by Crippen LogP contribution is 2.35. The van der Waals surface area contributed by atoms with Gasteiger partial charge in [-0.25, -0.2) is 23.4 Å². The molecule has 8 nitrogen and oxygen atoms in total. The van der Waals surface area contributed by atoms with Crippen molar-refractivity contribution in [3.63, 3.8) is 0 Å². The molecule has 0 saturated carbocycles. The third kappa shape index (κ3) is 4.06. The van der Waals surface area contributed by atoms with Gasteiger partial charge < -0.3 is 14.1 Å². The van der Waals surface area contributed by atoms with Crippen molar-refractivity contribution >= 4 is 50.4 Å². The van der Waals surface area contributed by atoms with E-state index in [9.17, 15) is 13.6 Å². The highest BCUT2D eigenvalue weighted by molar-refractivity contribution is 14.1. The standard InChI is InChI=1S/C26H20F2IN5O3/c1-14(34-26-21(24(29)32-34)25(30-13-31-26)33-8-10-36-11-9-33)23-19(15-4-2-5-16(27)12-15)22(35)20-17(28)6-3-7-18(20)37-23/h2-7,12-14H,8-11H2,1H3. The van der Waals surface area contributed by atoms with Crippen LogP contribution in [0.25, 0.3) is 33.1 Å². The van der Waals surface area contributed by atoms with E-state index in [4.69, 9.17) is 14.3 Å². The van der Waals surface area contributed by atoms with Crippen molar-refractivity contribution in [2.45, 2.75) is 13.0 Å². The molecule has 11 heteroatoms. The van der Waals surface area contributed by atoms with Crippen LogP contribution in [0.4, 0.5) is 14.6 Å². The maximum Gasteiger partial charge on any atom is 0.203 e. The lowest BCUT2D eigenvalue weighted by Crippen LogP contribution is -2.37. The van der Waals surface area contributed by atoms with Crippen molar-refractivity contribution in [2.75, 3.05) is 31.2 Å². The van der Waals surface area contributed by atoms with Crippen LogP contribution < -0.4 is 10.3 Å². The Hall–Kier alpha value is -3.45. The Morgan fingerprint density at radius 3 is 2.62 bits per heavy atom. The number of hydrogen-bond acceptors (Lipinski definition) is 7. The van der Waals surface area contributed by atoms with Crippen LogP contribution in [0, 0.1) is 15.3 Å². The predicted octanol–water partition coefficient (Wildman–Crippen LogP) is 4.93. The zero-order valence-electron chi connectivity index (χ0n) is 19.6. The molecular formula is C26H20F2IN5O3. The van der Waals surface area contributed by atoms with Gasteiger partial charge in [0, 0.05) is 13.1 Å². The molecule has 5 aromatic rings. The topological polar surface area (TPSA) is 86.3 Å². The summed E-state index contributed by atoms with van der Waals surface area (Å²) in [5.41, 5.74) is 0.435. The first-order valence-corrected chi connectivity index (χ1v) is 12.7. The van der Waals surface area contributed by atoms with Crippen LogP contribution >= 0.6 is 22.6 Å². The van der Waals surface area contributed by atoms with Gasteiger partial charge in [0.05, 0.1) is 24.2 Å². The van der Waals surface area contributed by atoms with Gasteiger partial charge in [-0.2, -0.15) is 5.10 Å². The predicted molar refractivity (Wildman–Crippen MR) is 143 cm³/mol. The van der Waals surface area contributed by atoms with E-state index in [-0.39, 0.29) is 27.9 Å². The van der Waals surface area contributed by atoms with Crippen molar-refractivity contribution in [1.82, 2.24) is 19.7 Å². The van der Waals surface area contributed by atoms with Gasteiger partial charge in [-0.05, 0) is 59.3 Å². The minimum absolute atomic E-state index is 0.0747. The van der Waals surface area contributed by atoms with Crippen molar-refractivity contribution in [3.8, 4) is 11.1 Å². The molecule has 0 radical (unpaired) electrons. The second kappa shape index (κ2) is 9.45. The fourth-order valence-corrected chi connectivity index (χ4v) is 5.46. The van der Waals surface area contributed by atoms with Crippen LogP contribution in [-0.2, 0) is 4.74 Å². The Labute approximate surface area is 223 Å². The third-order valence-electron chi connectivity index (χ3n) is 6.49. The zero-order valence-corrected chi connectivity index (χ0v) is 21.8. The molecular weight excluding hydrogens is 595 g/mol. The van der Waals surface area contributed by atoms with E-state index in [1.807, 2.05) is 6.92 Å². The van der Waals surface area contributed by atoms with Gasteiger partial charge in [0.25, 0.3) is 0 Å². The summed E-state index contributed by atoms with van der Waals surface area (Å²) in [6.07, 6.45) is 1.48. The number of morpholine rings is 1. The van der Waals surface area contributed by atoms with E-state index < -0.39 is 23.1 Å². The summed E-state index contributed by atoms with van der Waals surface area (Å²) in [7, 11) is 0. The Bertz CT molecular complexity index is 1710. The Morgan fingerprint density at radius 1 is 1.05 bits per heavy atom. The highest BCUT2D eigenvalue weighted by Gasteiger charge is 2.28. The highest BCUT2D eigenvalue weighted by atomic mass is 127. The third-order valence-corrected chi connectivity index (χ3v) is 7.25. The van der Waals surface area contributed by atoms with Crippen LogP contribution in [0.1, 0.15) is 18.7 Å². The fraction of sp³-hybridized carbons (Fsp3) is 0.231. The molecule has 0 N–H and O–H groups in total. The summed E-state index contributed by atoms with van der Waals surface area (Å²) in [5, 5.41) is 5.32. The van der Waals surface area contributed by atoms with E-state index in [2.05, 4.69) is 37.5 Å². The second-order valence-electron chi connectivity index (χ2n) is 8.70. The van der Waals surface area contributed by atoms with Gasteiger partial charge >= 0.3 is 0 Å².